The van der Waals surface area contributed by atoms with Crippen LogP contribution in [-0.4, -0.2) is 9.42 Å². The van der Waals surface area contributed by atoms with Crippen molar-refractivity contribution in [3.8, 4) is 0 Å². The summed E-state index contributed by atoms with van der Waals surface area (Å²) in [5.74, 6) is 0. The number of hydrogen-bond acceptors (Lipinski definition) is 3. The average Bonchev–Trinajstić information content (AvgIpc) is 2.25. The van der Waals surface area contributed by atoms with Gasteiger partial charge in [0.25, 0.3) is 0 Å². The Kier molecular flexibility index (Phi) is 1.82. The van der Waals surface area contributed by atoms with E-state index in [1.165, 1.54) is 0 Å². The van der Waals surface area contributed by atoms with Gasteiger partial charge in [-0.15, -0.1) is 4.21 Å². The summed E-state index contributed by atoms with van der Waals surface area (Å²) in [4.78, 5) is 0.764. The first kappa shape index (κ1) is 8.34. The Morgan fingerprint density at radius 2 is 2.33 bits per heavy atom. The summed E-state index contributed by atoms with van der Waals surface area (Å²) in [6.07, 6.45) is 0. The van der Waals surface area contributed by atoms with Gasteiger partial charge in [-0.1, -0.05) is 17.7 Å². The van der Waals surface area contributed by atoms with Gasteiger partial charge in [0.05, 0.1) is 9.92 Å². The quantitative estimate of drug-likeness (QED) is 0.400. The number of halogens is 1. The highest BCUT2D eigenvalue weighted by Crippen LogP contribution is 2.42. The Morgan fingerprint density at radius 3 is 3.00 bits per heavy atom. The zero-order valence-corrected chi connectivity index (χ0v) is 7.60. The first-order valence-electron chi connectivity index (χ1n) is 3.37. The van der Waals surface area contributed by atoms with Crippen molar-refractivity contribution in [2.75, 3.05) is 0 Å². The molecule has 12 heavy (non-hydrogen) atoms. The van der Waals surface area contributed by atoms with E-state index in [4.69, 9.17) is 16.8 Å². The van der Waals surface area contributed by atoms with Crippen molar-refractivity contribution in [2.24, 2.45) is 0 Å². The molecule has 0 fully saturated rings. The summed E-state index contributed by atoms with van der Waals surface area (Å²) < 4.78 is -1.31. The van der Waals surface area contributed by atoms with Gasteiger partial charge in [0.15, 0.2) is 0 Å². The summed E-state index contributed by atoms with van der Waals surface area (Å²) in [7, 11) is 0. The van der Waals surface area contributed by atoms with Crippen LogP contribution in [0.15, 0.2) is 23.1 Å². The maximum atomic E-state index is 11.1. The molecule has 1 heterocycles. The van der Waals surface area contributed by atoms with Gasteiger partial charge >= 0.3 is 0 Å². The molecule has 0 amide bonds. The smallest absolute Gasteiger partial charge is 0.149 e. The third-order valence-electron chi connectivity index (χ3n) is 1.67. The predicted octanol–water partition coefficient (Wildman–Crippen LogP) is 2.56. The molecule has 0 bridgehead atoms. The van der Waals surface area contributed by atoms with E-state index in [-0.39, 0.29) is 6.54 Å². The lowest BCUT2D eigenvalue weighted by molar-refractivity contribution is -0.959. The maximum absolute atomic E-state index is 11.1. The number of quaternary nitrogens is 1. The lowest BCUT2D eigenvalue weighted by Crippen LogP contribution is -2.24. The zero-order valence-electron chi connectivity index (χ0n) is 6.03. The Labute approximate surface area is 78.8 Å². The van der Waals surface area contributed by atoms with Gasteiger partial charge in [-0.05, 0) is 12.1 Å². The van der Waals surface area contributed by atoms with Crippen LogP contribution in [-0.2, 0) is 6.54 Å². The van der Waals surface area contributed by atoms with Crippen molar-refractivity contribution in [1.82, 2.24) is 0 Å². The van der Waals surface area contributed by atoms with Crippen LogP contribution in [0, 0.1) is 5.21 Å². The van der Waals surface area contributed by atoms with Gasteiger partial charge in [-0.2, -0.15) is 0 Å². The van der Waals surface area contributed by atoms with Crippen molar-refractivity contribution < 1.29 is 9.42 Å². The maximum Gasteiger partial charge on any atom is 0.149 e. The third kappa shape index (κ3) is 1.32. The Balaban J connectivity index is 2.48. The Bertz CT molecular complexity index is 329. The van der Waals surface area contributed by atoms with Gasteiger partial charge in [0.1, 0.15) is 18.5 Å². The molecule has 1 aliphatic rings. The van der Waals surface area contributed by atoms with Gasteiger partial charge in [-0.3, -0.25) is 0 Å². The molecule has 0 saturated heterocycles. The van der Waals surface area contributed by atoms with E-state index in [0.29, 0.717) is 5.02 Å². The molecule has 1 aliphatic heterocycles. The monoisotopic (exact) mass is 203 g/mol. The van der Waals surface area contributed by atoms with Crippen LogP contribution in [0.2, 0.25) is 5.02 Å². The van der Waals surface area contributed by atoms with E-state index >= 15 is 0 Å². The Morgan fingerprint density at radius 1 is 1.58 bits per heavy atom. The molecule has 3 nitrogen and oxygen atoms in total. The van der Waals surface area contributed by atoms with Crippen LogP contribution in [0.3, 0.4) is 0 Å². The molecule has 1 atom stereocenters. The topological polar surface area (TPSA) is 43.3 Å². The largest absolute Gasteiger partial charge is 0.586 e. The lowest BCUT2D eigenvalue weighted by atomic mass is 10.2. The number of fused-ring (bicyclic) bond motifs is 1. The van der Waals surface area contributed by atoms with Crippen molar-refractivity contribution in [2.45, 2.75) is 11.4 Å². The predicted molar refractivity (Wildman–Crippen MR) is 46.4 cm³/mol. The second kappa shape index (κ2) is 2.61. The molecule has 0 spiro atoms. The van der Waals surface area contributed by atoms with E-state index in [9.17, 15) is 5.21 Å². The highest BCUT2D eigenvalue weighted by atomic mass is 35.5. The number of rotatable bonds is 0. The normalized spacial score (nSPS) is 27.2. The minimum atomic E-state index is -1.31. The number of hydroxylamine groups is 2. The molecule has 5 heteroatoms. The fourth-order valence-corrected chi connectivity index (χ4v) is 2.38. The highest BCUT2D eigenvalue weighted by Gasteiger charge is 2.31. The highest BCUT2D eigenvalue weighted by molar-refractivity contribution is 7.94. The molecular formula is C7H6ClNO2S. The molecule has 1 N–H and O–H groups in total. The lowest BCUT2D eigenvalue weighted by Gasteiger charge is -2.23. The SMILES string of the molecule is [O-][N+]1(O)Cc2c(Cl)cccc2S1. The first-order valence-corrected chi connectivity index (χ1v) is 4.52. The molecule has 0 aromatic heterocycles. The van der Waals surface area contributed by atoms with Gasteiger partial charge in [0.2, 0.25) is 0 Å². The van der Waals surface area contributed by atoms with Crippen LogP contribution < -0.4 is 0 Å². The number of benzene rings is 1. The second-order valence-corrected chi connectivity index (χ2v) is 4.20. The van der Waals surface area contributed by atoms with E-state index in [2.05, 4.69) is 0 Å². The van der Waals surface area contributed by atoms with E-state index in [1.54, 1.807) is 18.2 Å². The minimum Gasteiger partial charge on any atom is -0.586 e. The van der Waals surface area contributed by atoms with Gasteiger partial charge in [0, 0.05) is 5.56 Å². The number of nitrogens with zero attached hydrogens (tertiary/aromatic N) is 1. The van der Waals surface area contributed by atoms with Gasteiger partial charge < -0.3 is 5.21 Å². The van der Waals surface area contributed by atoms with E-state index in [0.717, 1.165) is 22.4 Å². The van der Waals surface area contributed by atoms with Crippen molar-refractivity contribution in [3.63, 3.8) is 0 Å². The zero-order chi connectivity index (χ0) is 8.77. The second-order valence-electron chi connectivity index (χ2n) is 2.60. The minimum absolute atomic E-state index is 0.0275. The van der Waals surface area contributed by atoms with Crippen LogP contribution in [0.25, 0.3) is 0 Å². The van der Waals surface area contributed by atoms with Gasteiger partial charge in [-0.25, -0.2) is 5.21 Å². The summed E-state index contributed by atoms with van der Waals surface area (Å²) in [6, 6.07) is 5.26. The summed E-state index contributed by atoms with van der Waals surface area (Å²) >= 11 is 6.68. The van der Waals surface area contributed by atoms with Crippen LogP contribution >= 0.6 is 23.5 Å². The molecular weight excluding hydrogens is 198 g/mol. The number of hydrogen-bond donors (Lipinski definition) is 1. The van der Waals surface area contributed by atoms with Crippen molar-refractivity contribution in [1.29, 1.82) is 0 Å². The molecule has 1 aromatic carbocycles. The fourth-order valence-electron chi connectivity index (χ4n) is 1.16. The standard InChI is InChI=1S/C7H6ClNO2S/c8-6-2-1-3-7-5(6)4-9(10,11)12-7/h1-3,10H,4H2. The van der Waals surface area contributed by atoms with E-state index in [1.807, 2.05) is 0 Å². The van der Waals surface area contributed by atoms with Crippen molar-refractivity contribution in [3.05, 3.63) is 34.0 Å². The fraction of sp³-hybridized carbons (Fsp3) is 0.143. The average molecular weight is 204 g/mol. The van der Waals surface area contributed by atoms with E-state index < -0.39 is 4.21 Å². The molecule has 0 saturated carbocycles. The molecule has 2 rings (SSSR count). The molecule has 0 radical (unpaired) electrons. The first-order chi connectivity index (χ1) is 5.58. The molecule has 64 valence electrons. The van der Waals surface area contributed by atoms with Crippen LogP contribution in [0.1, 0.15) is 5.56 Å². The summed E-state index contributed by atoms with van der Waals surface area (Å²) in [6.45, 7) is 0.0275. The Hall–Kier alpha value is -0.260. The molecule has 0 aliphatic carbocycles. The summed E-state index contributed by atoms with van der Waals surface area (Å²) in [5.41, 5.74) is 0.738. The molecule has 1 aromatic rings. The summed E-state index contributed by atoms with van der Waals surface area (Å²) in [5, 5.41) is 20.8. The van der Waals surface area contributed by atoms with Crippen LogP contribution in [0.5, 0.6) is 0 Å². The third-order valence-corrected chi connectivity index (χ3v) is 3.02. The van der Waals surface area contributed by atoms with Crippen molar-refractivity contribution >= 4 is 23.5 Å². The van der Waals surface area contributed by atoms with Crippen LogP contribution in [0.4, 0.5) is 0 Å². The molecule has 1 unspecified atom stereocenters.